The Morgan fingerprint density at radius 2 is 1.74 bits per heavy atom. The van der Waals surface area contributed by atoms with E-state index in [1.54, 1.807) is 0 Å². The van der Waals surface area contributed by atoms with Crippen LogP contribution in [0.1, 0.15) is 39.7 Å². The summed E-state index contributed by atoms with van der Waals surface area (Å²) in [6, 6.07) is 16.0. The molecule has 0 radical (unpaired) electrons. The van der Waals surface area contributed by atoms with Crippen LogP contribution in [-0.2, 0) is 17.6 Å². The fourth-order valence-electron chi connectivity index (χ4n) is 3.90. The second-order valence-electron chi connectivity index (χ2n) is 8.15. The van der Waals surface area contributed by atoms with Gasteiger partial charge in [0.15, 0.2) is 6.61 Å². The van der Waals surface area contributed by atoms with Gasteiger partial charge >= 0.3 is 0 Å². The summed E-state index contributed by atoms with van der Waals surface area (Å²) in [6.45, 7) is 4.12. The highest BCUT2D eigenvalue weighted by Crippen LogP contribution is 2.39. The van der Waals surface area contributed by atoms with Crippen molar-refractivity contribution in [2.45, 2.75) is 33.1 Å². The van der Waals surface area contributed by atoms with Crippen LogP contribution in [0.5, 0.6) is 5.75 Å². The first-order valence-corrected chi connectivity index (χ1v) is 11.3. The van der Waals surface area contributed by atoms with Crippen LogP contribution in [-0.4, -0.2) is 18.4 Å². The van der Waals surface area contributed by atoms with Gasteiger partial charge in [-0.05, 0) is 60.9 Å². The van der Waals surface area contributed by atoms with Gasteiger partial charge < -0.3 is 15.8 Å². The van der Waals surface area contributed by atoms with Crippen LogP contribution in [0.2, 0.25) is 0 Å². The maximum absolute atomic E-state index is 12.5. The number of aryl methyl sites for hydroxylation is 1. The summed E-state index contributed by atoms with van der Waals surface area (Å²) in [5.74, 6) is 0.383. The molecule has 1 atom stereocenters. The average molecular weight is 435 g/mol. The van der Waals surface area contributed by atoms with Crippen molar-refractivity contribution in [2.75, 3.05) is 11.9 Å². The van der Waals surface area contributed by atoms with Gasteiger partial charge in [0.2, 0.25) is 0 Å². The molecule has 1 aliphatic carbocycles. The zero-order valence-electron chi connectivity index (χ0n) is 17.7. The number of primary amides is 1. The number of amides is 2. The molecule has 3 aromatic rings. The summed E-state index contributed by atoms with van der Waals surface area (Å²) in [5, 5.41) is 3.37. The number of hydrogen-bond acceptors (Lipinski definition) is 4. The number of nitrogens with two attached hydrogens (primary N) is 1. The molecule has 0 bridgehead atoms. The molecule has 0 saturated carbocycles. The number of fused-ring (bicyclic) bond motifs is 1. The Morgan fingerprint density at radius 1 is 1.10 bits per heavy atom. The van der Waals surface area contributed by atoms with E-state index < -0.39 is 5.91 Å². The molecule has 160 valence electrons. The van der Waals surface area contributed by atoms with Crippen LogP contribution < -0.4 is 15.8 Å². The molecule has 0 spiro atoms. The first kappa shape index (κ1) is 21.1. The second kappa shape index (κ2) is 8.94. The Hall–Kier alpha value is -3.12. The van der Waals surface area contributed by atoms with Crippen molar-refractivity contribution in [1.82, 2.24) is 0 Å². The predicted molar refractivity (Wildman–Crippen MR) is 125 cm³/mol. The van der Waals surface area contributed by atoms with Gasteiger partial charge in [0.05, 0.1) is 5.56 Å². The number of carbonyl (C=O) groups excluding carboxylic acids is 2. The third-order valence-electron chi connectivity index (χ3n) is 5.62. The molecule has 0 fully saturated rings. The van der Waals surface area contributed by atoms with E-state index in [2.05, 4.69) is 43.4 Å². The van der Waals surface area contributed by atoms with E-state index in [9.17, 15) is 9.59 Å². The van der Waals surface area contributed by atoms with E-state index in [4.69, 9.17) is 10.5 Å². The van der Waals surface area contributed by atoms with Crippen molar-refractivity contribution in [3.8, 4) is 16.9 Å². The van der Waals surface area contributed by atoms with E-state index in [1.165, 1.54) is 16.9 Å². The average Bonchev–Trinajstić information content (AvgIpc) is 3.10. The zero-order chi connectivity index (χ0) is 22.0. The number of nitrogens with one attached hydrogen (secondary N) is 1. The number of hydrogen-bond donors (Lipinski definition) is 2. The summed E-state index contributed by atoms with van der Waals surface area (Å²) in [5.41, 5.74) is 10.5. The van der Waals surface area contributed by atoms with Crippen LogP contribution in [0.25, 0.3) is 11.1 Å². The maximum Gasteiger partial charge on any atom is 0.262 e. The van der Waals surface area contributed by atoms with Gasteiger partial charge in [-0.3, -0.25) is 9.59 Å². The fourth-order valence-corrected chi connectivity index (χ4v) is 5.33. The van der Waals surface area contributed by atoms with Crippen LogP contribution >= 0.6 is 11.3 Å². The first-order valence-electron chi connectivity index (χ1n) is 10.4. The molecular formula is C25H26N2O3S. The number of ether oxygens (including phenoxy) is 1. The van der Waals surface area contributed by atoms with Crippen LogP contribution in [0, 0.1) is 12.8 Å². The third-order valence-corrected chi connectivity index (χ3v) is 6.79. The summed E-state index contributed by atoms with van der Waals surface area (Å²) in [4.78, 5) is 25.6. The highest BCUT2D eigenvalue weighted by Gasteiger charge is 2.27. The Bertz CT molecular complexity index is 1100. The number of anilines is 1. The van der Waals surface area contributed by atoms with Crippen LogP contribution in [0.4, 0.5) is 5.00 Å². The molecule has 2 aromatic carbocycles. The highest BCUT2D eigenvalue weighted by atomic mass is 32.1. The molecule has 1 heterocycles. The number of benzene rings is 2. The predicted octanol–water partition coefficient (Wildman–Crippen LogP) is 4.96. The minimum Gasteiger partial charge on any atom is -0.484 e. The fraction of sp³-hybridized carbons (Fsp3) is 0.280. The van der Waals surface area contributed by atoms with Gasteiger partial charge in [-0.15, -0.1) is 11.3 Å². The molecule has 31 heavy (non-hydrogen) atoms. The van der Waals surface area contributed by atoms with E-state index >= 15 is 0 Å². The third kappa shape index (κ3) is 4.80. The molecule has 6 heteroatoms. The highest BCUT2D eigenvalue weighted by molar-refractivity contribution is 7.17. The summed E-state index contributed by atoms with van der Waals surface area (Å²) in [7, 11) is 0. The van der Waals surface area contributed by atoms with E-state index in [-0.39, 0.29) is 12.5 Å². The molecule has 3 N–H and O–H groups in total. The first-order chi connectivity index (χ1) is 14.9. The lowest BCUT2D eigenvalue weighted by Crippen LogP contribution is -2.22. The van der Waals surface area contributed by atoms with E-state index in [1.807, 2.05) is 24.3 Å². The Morgan fingerprint density at radius 3 is 2.39 bits per heavy atom. The summed E-state index contributed by atoms with van der Waals surface area (Å²) >= 11 is 1.46. The van der Waals surface area contributed by atoms with Gasteiger partial charge in [0.1, 0.15) is 10.8 Å². The monoisotopic (exact) mass is 434 g/mol. The molecule has 1 aliphatic rings. The quantitative estimate of drug-likeness (QED) is 0.575. The summed E-state index contributed by atoms with van der Waals surface area (Å²) in [6.07, 6.45) is 2.77. The largest absolute Gasteiger partial charge is 0.484 e. The van der Waals surface area contributed by atoms with Crippen molar-refractivity contribution in [3.63, 3.8) is 0 Å². The van der Waals surface area contributed by atoms with Crippen molar-refractivity contribution in [2.24, 2.45) is 11.7 Å². The molecule has 0 saturated heterocycles. The number of carbonyl (C=O) groups is 2. The normalized spacial score (nSPS) is 15.2. The Kier molecular flexibility index (Phi) is 6.09. The van der Waals surface area contributed by atoms with Gasteiger partial charge in [-0.25, -0.2) is 0 Å². The van der Waals surface area contributed by atoms with Crippen molar-refractivity contribution in [3.05, 3.63) is 70.1 Å². The number of thiophene rings is 1. The van der Waals surface area contributed by atoms with Gasteiger partial charge in [-0.1, -0.05) is 48.9 Å². The smallest absolute Gasteiger partial charge is 0.262 e. The zero-order valence-corrected chi connectivity index (χ0v) is 18.6. The summed E-state index contributed by atoms with van der Waals surface area (Å²) < 4.78 is 5.65. The van der Waals surface area contributed by atoms with E-state index in [0.717, 1.165) is 40.8 Å². The SMILES string of the molecule is Cc1ccc(-c2ccc(OCC(=O)Nc3sc4c(c3C(N)=O)CCC(C)C4)cc2)cc1. The standard InChI is InChI=1S/C25H26N2O3S/c1-15-3-6-17(7-4-15)18-8-10-19(11-9-18)30-14-22(28)27-25-23(24(26)29)20-12-5-16(2)13-21(20)31-25/h3-4,6-11,16H,5,12-14H2,1-2H3,(H2,26,29)(H,27,28). The minimum atomic E-state index is -0.491. The lowest BCUT2D eigenvalue weighted by molar-refractivity contribution is -0.118. The minimum absolute atomic E-state index is 0.138. The Labute approximate surface area is 186 Å². The van der Waals surface area contributed by atoms with Crippen molar-refractivity contribution in [1.29, 1.82) is 0 Å². The maximum atomic E-state index is 12.5. The molecular weight excluding hydrogens is 408 g/mol. The van der Waals surface area contributed by atoms with Crippen molar-refractivity contribution >= 4 is 28.2 Å². The van der Waals surface area contributed by atoms with Gasteiger partial charge in [-0.2, -0.15) is 0 Å². The Balaban J connectivity index is 1.39. The van der Waals surface area contributed by atoms with Crippen molar-refractivity contribution < 1.29 is 14.3 Å². The number of rotatable bonds is 6. The van der Waals surface area contributed by atoms with Crippen LogP contribution in [0.3, 0.4) is 0 Å². The molecule has 2 amide bonds. The van der Waals surface area contributed by atoms with Gasteiger partial charge in [0, 0.05) is 4.88 Å². The van der Waals surface area contributed by atoms with Crippen LogP contribution in [0.15, 0.2) is 48.5 Å². The molecule has 1 unspecified atom stereocenters. The van der Waals surface area contributed by atoms with Gasteiger partial charge in [0.25, 0.3) is 11.8 Å². The molecule has 4 rings (SSSR count). The lowest BCUT2D eigenvalue weighted by atomic mass is 9.88. The molecule has 1 aromatic heterocycles. The molecule has 0 aliphatic heterocycles. The van der Waals surface area contributed by atoms with E-state index in [0.29, 0.717) is 22.2 Å². The topological polar surface area (TPSA) is 81.4 Å². The lowest BCUT2D eigenvalue weighted by Gasteiger charge is -2.18. The molecule has 5 nitrogen and oxygen atoms in total. The second-order valence-corrected chi connectivity index (χ2v) is 9.25.